The predicted molar refractivity (Wildman–Crippen MR) is 76.3 cm³/mol. The zero-order chi connectivity index (χ0) is 15.5. The van der Waals surface area contributed by atoms with E-state index in [1.165, 1.54) is 12.7 Å². The van der Waals surface area contributed by atoms with Crippen LogP contribution in [0.25, 0.3) is 0 Å². The molecule has 2 aromatic rings. The lowest BCUT2D eigenvalue weighted by Crippen LogP contribution is -2.37. The molecule has 1 amide bonds. The van der Waals surface area contributed by atoms with Crippen LogP contribution in [0.5, 0.6) is 0 Å². The number of ether oxygens (including phenoxy) is 1. The molecule has 22 heavy (non-hydrogen) atoms. The second kappa shape index (κ2) is 6.27. The molecule has 0 saturated carbocycles. The third-order valence-corrected chi connectivity index (χ3v) is 3.96. The molecule has 3 rings (SSSR count). The first-order valence-electron chi connectivity index (χ1n) is 7.35. The largest absolute Gasteiger partial charge is 0.448 e. The van der Waals surface area contributed by atoms with Gasteiger partial charge in [0.2, 0.25) is 0 Å². The third-order valence-electron chi connectivity index (χ3n) is 3.96. The van der Waals surface area contributed by atoms with Crippen molar-refractivity contribution in [3.8, 4) is 0 Å². The second-order valence-corrected chi connectivity index (χ2v) is 5.34. The maximum atomic E-state index is 12.5. The molecule has 1 saturated heterocycles. The van der Waals surface area contributed by atoms with Gasteiger partial charge in [0.25, 0.3) is 5.91 Å². The van der Waals surface area contributed by atoms with Crippen LogP contribution in [-0.2, 0) is 11.2 Å². The Morgan fingerprint density at radius 2 is 2.36 bits per heavy atom. The van der Waals surface area contributed by atoms with Crippen LogP contribution in [-0.4, -0.2) is 57.3 Å². The first-order valence-corrected chi connectivity index (χ1v) is 7.35. The topological polar surface area (TPSA) is 97.1 Å². The van der Waals surface area contributed by atoms with Crippen molar-refractivity contribution < 1.29 is 13.9 Å². The number of aromatic amines is 1. The van der Waals surface area contributed by atoms with Gasteiger partial charge in [-0.2, -0.15) is 5.10 Å². The molecule has 2 atom stereocenters. The molecule has 0 aromatic carbocycles. The number of nitrogens with one attached hydrogen (secondary N) is 1. The van der Waals surface area contributed by atoms with Crippen molar-refractivity contribution in [2.24, 2.45) is 0 Å². The summed E-state index contributed by atoms with van der Waals surface area (Å²) in [7, 11) is 1.75. The van der Waals surface area contributed by atoms with Crippen molar-refractivity contribution in [3.63, 3.8) is 0 Å². The molecule has 0 aliphatic carbocycles. The van der Waals surface area contributed by atoms with Crippen LogP contribution >= 0.6 is 0 Å². The highest BCUT2D eigenvalue weighted by atomic mass is 16.5. The van der Waals surface area contributed by atoms with E-state index in [4.69, 9.17) is 9.15 Å². The number of aryl methyl sites for hydroxylation is 1. The van der Waals surface area contributed by atoms with E-state index in [1.54, 1.807) is 11.9 Å². The number of hydrogen-bond acceptors (Lipinski definition) is 6. The molecule has 8 heteroatoms. The predicted octanol–water partition coefficient (Wildman–Crippen LogP) is 1.000. The molecule has 0 radical (unpaired) electrons. The van der Waals surface area contributed by atoms with Gasteiger partial charge in [0.05, 0.1) is 6.10 Å². The highest BCUT2D eigenvalue weighted by molar-refractivity contribution is 5.93. The van der Waals surface area contributed by atoms with Crippen LogP contribution in [0.4, 0.5) is 0 Å². The summed E-state index contributed by atoms with van der Waals surface area (Å²) >= 11 is 0. The normalized spacial score (nSPS) is 21.2. The number of carbonyl (C=O) groups is 1. The Morgan fingerprint density at radius 3 is 3.09 bits per heavy atom. The summed E-state index contributed by atoms with van der Waals surface area (Å²) in [6, 6.07) is 0. The van der Waals surface area contributed by atoms with Gasteiger partial charge < -0.3 is 14.1 Å². The molecule has 1 fully saturated rings. The number of nitrogens with zero attached hydrogens (tertiary/aromatic N) is 4. The van der Waals surface area contributed by atoms with Gasteiger partial charge in [0, 0.05) is 32.5 Å². The Kier molecular flexibility index (Phi) is 4.19. The summed E-state index contributed by atoms with van der Waals surface area (Å²) in [6.45, 7) is 3.06. The molecule has 118 valence electrons. The SMILES string of the molecule is CCc1ocnc1C(=O)N(C)C[C@H]1OCC[C@H]1c1ncn[nH]1. The zero-order valence-electron chi connectivity index (χ0n) is 12.7. The van der Waals surface area contributed by atoms with E-state index in [0.29, 0.717) is 31.0 Å². The third kappa shape index (κ3) is 2.74. The van der Waals surface area contributed by atoms with Gasteiger partial charge in [-0.1, -0.05) is 6.92 Å². The number of aromatic nitrogens is 4. The van der Waals surface area contributed by atoms with Crippen molar-refractivity contribution in [1.82, 2.24) is 25.1 Å². The lowest BCUT2D eigenvalue weighted by atomic mass is 10.0. The Morgan fingerprint density at radius 1 is 1.50 bits per heavy atom. The maximum absolute atomic E-state index is 12.5. The maximum Gasteiger partial charge on any atom is 0.275 e. The Labute approximate surface area is 127 Å². The summed E-state index contributed by atoms with van der Waals surface area (Å²) < 4.78 is 11.0. The highest BCUT2D eigenvalue weighted by Crippen LogP contribution is 2.29. The Bertz CT molecular complexity index is 624. The zero-order valence-corrected chi connectivity index (χ0v) is 12.7. The number of likely N-dealkylation sites (N-methyl/N-ethyl adjacent to an activating group) is 1. The van der Waals surface area contributed by atoms with E-state index >= 15 is 0 Å². The summed E-state index contributed by atoms with van der Waals surface area (Å²) in [5, 5.41) is 6.77. The van der Waals surface area contributed by atoms with Gasteiger partial charge in [-0.15, -0.1) is 0 Å². The van der Waals surface area contributed by atoms with E-state index in [0.717, 1.165) is 12.2 Å². The van der Waals surface area contributed by atoms with Crippen LogP contribution < -0.4 is 0 Å². The number of H-pyrrole nitrogens is 1. The number of hydrogen-bond donors (Lipinski definition) is 1. The fraction of sp³-hybridized carbons (Fsp3) is 0.571. The Hall–Kier alpha value is -2.22. The lowest BCUT2D eigenvalue weighted by Gasteiger charge is -2.23. The number of amides is 1. The van der Waals surface area contributed by atoms with Crippen molar-refractivity contribution >= 4 is 5.91 Å². The quantitative estimate of drug-likeness (QED) is 0.885. The molecule has 0 unspecified atom stereocenters. The van der Waals surface area contributed by atoms with Gasteiger partial charge in [0.1, 0.15) is 17.9 Å². The molecular formula is C14H19N5O3. The van der Waals surface area contributed by atoms with Crippen LogP contribution in [0.2, 0.25) is 0 Å². The smallest absolute Gasteiger partial charge is 0.275 e. The molecule has 0 spiro atoms. The first-order chi connectivity index (χ1) is 10.7. The van der Waals surface area contributed by atoms with Crippen LogP contribution in [0, 0.1) is 0 Å². The monoisotopic (exact) mass is 305 g/mol. The van der Waals surface area contributed by atoms with E-state index < -0.39 is 0 Å². The van der Waals surface area contributed by atoms with E-state index in [9.17, 15) is 4.79 Å². The molecular weight excluding hydrogens is 286 g/mol. The standard InChI is InChI=1S/C14H19N5O3/c1-3-10-12(16-8-22-10)14(20)19(2)6-11-9(4-5-21-11)13-15-7-17-18-13/h7-9,11H,3-6H2,1-2H3,(H,15,17,18)/t9-,11-/m1/s1. The van der Waals surface area contributed by atoms with E-state index in [2.05, 4.69) is 20.2 Å². The minimum absolute atomic E-state index is 0.0983. The van der Waals surface area contributed by atoms with Gasteiger partial charge in [0.15, 0.2) is 12.1 Å². The molecule has 3 heterocycles. The van der Waals surface area contributed by atoms with Crippen molar-refractivity contribution in [3.05, 3.63) is 30.0 Å². The average Bonchev–Trinajstić information content (AvgIpc) is 3.26. The van der Waals surface area contributed by atoms with Crippen molar-refractivity contribution in [1.29, 1.82) is 0 Å². The molecule has 8 nitrogen and oxygen atoms in total. The minimum atomic E-state index is -0.155. The number of rotatable bonds is 5. The van der Waals surface area contributed by atoms with Crippen LogP contribution in [0.3, 0.4) is 0 Å². The van der Waals surface area contributed by atoms with Crippen molar-refractivity contribution in [2.45, 2.75) is 31.8 Å². The number of carbonyl (C=O) groups excluding carboxylic acids is 1. The average molecular weight is 305 g/mol. The van der Waals surface area contributed by atoms with Crippen LogP contribution in [0.1, 0.15) is 41.3 Å². The summed E-state index contributed by atoms with van der Waals surface area (Å²) in [5.41, 5.74) is 0.374. The molecule has 1 aliphatic heterocycles. The van der Waals surface area contributed by atoms with Crippen molar-refractivity contribution in [2.75, 3.05) is 20.2 Å². The minimum Gasteiger partial charge on any atom is -0.448 e. The van der Waals surface area contributed by atoms with Crippen LogP contribution in [0.15, 0.2) is 17.1 Å². The van der Waals surface area contributed by atoms with Gasteiger partial charge in [-0.05, 0) is 6.42 Å². The van der Waals surface area contributed by atoms with E-state index in [1.807, 2.05) is 6.92 Å². The van der Waals surface area contributed by atoms with Gasteiger partial charge in [-0.3, -0.25) is 9.89 Å². The molecule has 2 aromatic heterocycles. The van der Waals surface area contributed by atoms with Gasteiger partial charge >= 0.3 is 0 Å². The summed E-state index contributed by atoms with van der Waals surface area (Å²) in [6.07, 6.45) is 4.20. The van der Waals surface area contributed by atoms with E-state index in [-0.39, 0.29) is 17.9 Å². The first kappa shape index (κ1) is 14.7. The lowest BCUT2D eigenvalue weighted by molar-refractivity contribution is 0.0545. The molecule has 0 bridgehead atoms. The highest BCUT2D eigenvalue weighted by Gasteiger charge is 2.34. The second-order valence-electron chi connectivity index (χ2n) is 5.34. The Balaban J connectivity index is 1.68. The fourth-order valence-electron chi connectivity index (χ4n) is 2.76. The molecule has 1 aliphatic rings. The summed E-state index contributed by atoms with van der Waals surface area (Å²) in [4.78, 5) is 22.3. The molecule has 1 N–H and O–H groups in total. The fourth-order valence-corrected chi connectivity index (χ4v) is 2.76. The van der Waals surface area contributed by atoms with Gasteiger partial charge in [-0.25, -0.2) is 9.97 Å². The number of oxazole rings is 1. The summed E-state index contributed by atoms with van der Waals surface area (Å²) in [5.74, 6) is 1.38.